The van der Waals surface area contributed by atoms with Gasteiger partial charge in [-0.15, -0.1) is 0 Å². The predicted molar refractivity (Wildman–Crippen MR) is 123 cm³/mol. The van der Waals surface area contributed by atoms with E-state index in [2.05, 4.69) is 30.0 Å². The number of rotatable bonds is 8. The zero-order valence-corrected chi connectivity index (χ0v) is 18.9. The van der Waals surface area contributed by atoms with E-state index in [1.807, 2.05) is 6.92 Å². The summed E-state index contributed by atoms with van der Waals surface area (Å²) in [4.78, 5) is 28.8. The lowest BCUT2D eigenvalue weighted by molar-refractivity contribution is -0.115. The molecule has 3 rings (SSSR count). The summed E-state index contributed by atoms with van der Waals surface area (Å²) in [5.74, 6) is 0.132. The molecule has 2 heterocycles. The highest BCUT2D eigenvalue weighted by Gasteiger charge is 2.21. The molecule has 1 aromatic carbocycles. The van der Waals surface area contributed by atoms with Crippen LogP contribution < -0.4 is 21.5 Å². The molecule has 11 nitrogen and oxygen atoms in total. The first-order valence-electron chi connectivity index (χ1n) is 9.46. The second-order valence-corrected chi connectivity index (χ2v) is 9.51. The van der Waals surface area contributed by atoms with Gasteiger partial charge in [0.05, 0.1) is 10.1 Å². The van der Waals surface area contributed by atoms with Crippen molar-refractivity contribution in [1.29, 1.82) is 0 Å². The van der Waals surface area contributed by atoms with Gasteiger partial charge in [-0.05, 0) is 43.7 Å². The van der Waals surface area contributed by atoms with Crippen molar-refractivity contribution in [2.75, 3.05) is 21.5 Å². The van der Waals surface area contributed by atoms with Crippen LogP contribution in [0.3, 0.4) is 0 Å². The maximum atomic E-state index is 12.7. The summed E-state index contributed by atoms with van der Waals surface area (Å²) in [7, 11) is -3.88. The number of nitrogen functional groups attached to an aromatic ring is 2. The van der Waals surface area contributed by atoms with Crippen LogP contribution in [0, 0.1) is 6.92 Å². The molecule has 0 bridgehead atoms. The number of sulfonamides is 1. The van der Waals surface area contributed by atoms with E-state index >= 15 is 0 Å². The molecule has 0 aliphatic rings. The van der Waals surface area contributed by atoms with Crippen molar-refractivity contribution in [3.05, 3.63) is 48.3 Å². The first kappa shape index (κ1) is 23.2. The number of nitrogens with two attached hydrogens (primary N) is 2. The Balaban J connectivity index is 1.67. The van der Waals surface area contributed by atoms with Crippen molar-refractivity contribution in [1.82, 2.24) is 19.9 Å². The van der Waals surface area contributed by atoms with E-state index in [4.69, 9.17) is 11.5 Å². The van der Waals surface area contributed by atoms with Gasteiger partial charge in [0.15, 0.2) is 5.16 Å². The Hall–Kier alpha value is -3.45. The number of hydrogen-bond acceptors (Lipinski definition) is 10. The van der Waals surface area contributed by atoms with Crippen molar-refractivity contribution < 1.29 is 13.2 Å². The van der Waals surface area contributed by atoms with Gasteiger partial charge in [0.2, 0.25) is 11.9 Å². The van der Waals surface area contributed by atoms with Gasteiger partial charge < -0.3 is 16.8 Å². The lowest BCUT2D eigenvalue weighted by atomic mass is 10.3. The zero-order chi connectivity index (χ0) is 23.3. The number of aryl methyl sites for hydroxylation is 1. The summed E-state index contributed by atoms with van der Waals surface area (Å²) < 4.78 is 27.4. The van der Waals surface area contributed by atoms with Crippen LogP contribution in [-0.2, 0) is 14.8 Å². The SMILES string of the molecule is CCC(Sc1nc(N)cc(N)n1)C(=O)Nc1ccc(S(=O)(=O)Nc2nccc(C)n2)cc1. The van der Waals surface area contributed by atoms with Gasteiger partial charge in [-0.25, -0.2) is 33.1 Å². The van der Waals surface area contributed by atoms with Crippen LogP contribution >= 0.6 is 11.8 Å². The lowest BCUT2D eigenvalue weighted by Crippen LogP contribution is -2.25. The van der Waals surface area contributed by atoms with E-state index in [9.17, 15) is 13.2 Å². The summed E-state index contributed by atoms with van der Waals surface area (Å²) >= 11 is 1.14. The fraction of sp³-hybridized carbons (Fsp3) is 0.211. The first-order chi connectivity index (χ1) is 15.2. The number of carbonyl (C=O) groups is 1. The Labute approximate surface area is 189 Å². The number of carbonyl (C=O) groups excluding carboxylic acids is 1. The summed E-state index contributed by atoms with van der Waals surface area (Å²) in [6.07, 6.45) is 1.96. The molecule has 0 saturated carbocycles. The molecule has 0 saturated heterocycles. The van der Waals surface area contributed by atoms with Gasteiger partial charge in [-0.2, -0.15) is 0 Å². The third kappa shape index (κ3) is 6.04. The van der Waals surface area contributed by atoms with Gasteiger partial charge >= 0.3 is 0 Å². The molecule has 0 radical (unpaired) electrons. The maximum absolute atomic E-state index is 12.7. The molecule has 0 aliphatic carbocycles. The fourth-order valence-corrected chi connectivity index (χ4v) is 4.44. The van der Waals surface area contributed by atoms with E-state index in [1.54, 1.807) is 13.0 Å². The maximum Gasteiger partial charge on any atom is 0.264 e. The van der Waals surface area contributed by atoms with Crippen molar-refractivity contribution >= 4 is 51.0 Å². The highest BCUT2D eigenvalue weighted by Crippen LogP contribution is 2.25. The minimum atomic E-state index is -3.88. The Morgan fingerprint density at radius 1 is 1.09 bits per heavy atom. The average Bonchev–Trinajstić information content (AvgIpc) is 2.71. The molecule has 6 N–H and O–H groups in total. The Morgan fingerprint density at radius 2 is 1.75 bits per heavy atom. The van der Waals surface area contributed by atoms with E-state index in [-0.39, 0.29) is 28.4 Å². The predicted octanol–water partition coefficient (Wildman–Crippen LogP) is 2.05. The summed E-state index contributed by atoms with van der Waals surface area (Å²) in [6.45, 7) is 3.58. The Morgan fingerprint density at radius 3 is 2.34 bits per heavy atom. The molecule has 0 spiro atoms. The van der Waals surface area contributed by atoms with Crippen molar-refractivity contribution in [3.63, 3.8) is 0 Å². The summed E-state index contributed by atoms with van der Waals surface area (Å²) in [5, 5.41) is 2.56. The number of benzene rings is 1. The van der Waals surface area contributed by atoms with Gasteiger partial charge in [0, 0.05) is 23.6 Å². The van der Waals surface area contributed by atoms with E-state index in [0.29, 0.717) is 23.0 Å². The number of thioether (sulfide) groups is 1. The molecular weight excluding hydrogens is 452 g/mol. The van der Waals surface area contributed by atoms with Crippen LogP contribution in [-0.4, -0.2) is 39.5 Å². The van der Waals surface area contributed by atoms with Gasteiger partial charge in [0.1, 0.15) is 11.6 Å². The minimum absolute atomic E-state index is 0.00524. The van der Waals surface area contributed by atoms with Crippen molar-refractivity contribution in [2.24, 2.45) is 0 Å². The van der Waals surface area contributed by atoms with Crippen LogP contribution in [0.1, 0.15) is 19.0 Å². The third-order valence-electron chi connectivity index (χ3n) is 4.11. The number of amides is 1. The molecule has 168 valence electrons. The van der Waals surface area contributed by atoms with Crippen molar-refractivity contribution in [2.45, 2.75) is 35.6 Å². The minimum Gasteiger partial charge on any atom is -0.383 e. The van der Waals surface area contributed by atoms with Crippen LogP contribution in [0.5, 0.6) is 0 Å². The van der Waals surface area contributed by atoms with E-state index < -0.39 is 15.3 Å². The monoisotopic (exact) mass is 474 g/mol. The highest BCUT2D eigenvalue weighted by molar-refractivity contribution is 8.00. The van der Waals surface area contributed by atoms with Crippen LogP contribution in [0.4, 0.5) is 23.3 Å². The number of nitrogens with one attached hydrogen (secondary N) is 2. The Kier molecular flexibility index (Phi) is 7.10. The fourth-order valence-electron chi connectivity index (χ4n) is 2.58. The zero-order valence-electron chi connectivity index (χ0n) is 17.3. The summed E-state index contributed by atoms with van der Waals surface area (Å²) in [6, 6.07) is 8.84. The highest BCUT2D eigenvalue weighted by atomic mass is 32.2. The smallest absolute Gasteiger partial charge is 0.264 e. The quantitative estimate of drug-likeness (QED) is 0.279. The Bertz CT molecular complexity index is 1200. The molecule has 0 fully saturated rings. The number of nitrogens with zero attached hydrogens (tertiary/aromatic N) is 4. The van der Waals surface area contributed by atoms with Gasteiger partial charge in [0.25, 0.3) is 10.0 Å². The molecule has 13 heteroatoms. The van der Waals surface area contributed by atoms with Crippen LogP contribution in [0.2, 0.25) is 0 Å². The molecule has 1 amide bonds. The van der Waals surface area contributed by atoms with E-state index in [0.717, 1.165) is 11.8 Å². The molecule has 0 aliphatic heterocycles. The third-order valence-corrected chi connectivity index (χ3v) is 6.68. The summed E-state index contributed by atoms with van der Waals surface area (Å²) in [5.41, 5.74) is 12.4. The number of hydrogen-bond donors (Lipinski definition) is 4. The van der Waals surface area contributed by atoms with E-state index in [1.165, 1.54) is 36.5 Å². The number of anilines is 4. The largest absolute Gasteiger partial charge is 0.383 e. The molecule has 32 heavy (non-hydrogen) atoms. The second-order valence-electron chi connectivity index (χ2n) is 6.66. The van der Waals surface area contributed by atoms with Gasteiger partial charge in [-0.1, -0.05) is 18.7 Å². The normalized spacial score (nSPS) is 12.2. The second kappa shape index (κ2) is 9.78. The van der Waals surface area contributed by atoms with Crippen molar-refractivity contribution in [3.8, 4) is 0 Å². The standard InChI is InChI=1S/C19H22N8O3S2/c1-3-14(31-19-25-15(20)10-16(21)26-19)17(28)24-12-4-6-13(7-5-12)32(29,30)27-18-22-9-8-11(2)23-18/h4-10,14H,3H2,1-2H3,(H,24,28)(H,22,23,27)(H4,20,21,25,26). The topological polar surface area (TPSA) is 179 Å². The molecular formula is C19H22N8O3S2. The first-order valence-corrected chi connectivity index (χ1v) is 11.8. The van der Waals surface area contributed by atoms with Crippen LogP contribution in [0.25, 0.3) is 0 Å². The number of aromatic nitrogens is 4. The molecule has 3 aromatic rings. The molecule has 1 unspecified atom stereocenters. The van der Waals surface area contributed by atoms with Gasteiger partial charge in [-0.3, -0.25) is 4.79 Å². The molecule has 1 atom stereocenters. The lowest BCUT2D eigenvalue weighted by Gasteiger charge is -2.14. The van der Waals surface area contributed by atoms with Crippen LogP contribution in [0.15, 0.2) is 52.6 Å². The molecule has 2 aromatic heterocycles. The average molecular weight is 475 g/mol.